The average molecular weight is 426 g/mol. The van der Waals surface area contributed by atoms with E-state index in [1.54, 1.807) is 6.33 Å². The van der Waals surface area contributed by atoms with Crippen LogP contribution in [0.25, 0.3) is 22.3 Å². The van der Waals surface area contributed by atoms with Crippen LogP contribution >= 0.6 is 0 Å². The molecular formula is C22H31N5O2Si. The van der Waals surface area contributed by atoms with E-state index in [2.05, 4.69) is 45.1 Å². The lowest BCUT2D eigenvalue weighted by molar-refractivity contribution is 0.0911. The monoisotopic (exact) mass is 425 g/mol. The Morgan fingerprint density at radius 3 is 2.53 bits per heavy atom. The number of nitrogens with zero attached hydrogens (tertiary/aromatic N) is 4. The summed E-state index contributed by atoms with van der Waals surface area (Å²) in [5, 5.41) is 0. The van der Waals surface area contributed by atoms with Gasteiger partial charge in [-0.1, -0.05) is 31.8 Å². The van der Waals surface area contributed by atoms with Gasteiger partial charge in [-0.05, 0) is 29.8 Å². The van der Waals surface area contributed by atoms with Crippen LogP contribution in [-0.4, -0.2) is 55.5 Å². The average Bonchev–Trinajstić information content (AvgIpc) is 3.10. The van der Waals surface area contributed by atoms with E-state index in [0.29, 0.717) is 19.9 Å². The van der Waals surface area contributed by atoms with E-state index in [0.717, 1.165) is 59.5 Å². The minimum atomic E-state index is -1.15. The zero-order chi connectivity index (χ0) is 21.1. The molecule has 0 unspecified atom stereocenters. The summed E-state index contributed by atoms with van der Waals surface area (Å²) >= 11 is 0. The van der Waals surface area contributed by atoms with Crippen LogP contribution in [0.3, 0.4) is 0 Å². The van der Waals surface area contributed by atoms with Gasteiger partial charge >= 0.3 is 0 Å². The molecule has 160 valence electrons. The van der Waals surface area contributed by atoms with Crippen molar-refractivity contribution in [2.24, 2.45) is 0 Å². The molecule has 1 saturated heterocycles. The van der Waals surface area contributed by atoms with E-state index < -0.39 is 8.07 Å². The highest BCUT2D eigenvalue weighted by molar-refractivity contribution is 6.76. The lowest BCUT2D eigenvalue weighted by Crippen LogP contribution is -2.37. The summed E-state index contributed by atoms with van der Waals surface area (Å²) < 4.78 is 13.9. The smallest absolute Gasteiger partial charge is 0.156 e. The van der Waals surface area contributed by atoms with Gasteiger partial charge in [0.05, 0.1) is 24.4 Å². The highest BCUT2D eigenvalue weighted by Crippen LogP contribution is 2.32. The number of nitrogen functional groups attached to an aromatic ring is 1. The quantitative estimate of drug-likeness (QED) is 0.352. The van der Waals surface area contributed by atoms with E-state index in [9.17, 15) is 0 Å². The van der Waals surface area contributed by atoms with Crippen LogP contribution in [-0.2, 0) is 16.2 Å². The normalized spacial score (nSPS) is 15.1. The van der Waals surface area contributed by atoms with Crippen LogP contribution in [0, 0.1) is 0 Å². The first-order valence-electron chi connectivity index (χ1n) is 10.5. The molecule has 1 fully saturated rings. The molecule has 0 aliphatic carbocycles. The van der Waals surface area contributed by atoms with Crippen molar-refractivity contribution in [1.29, 1.82) is 0 Å². The van der Waals surface area contributed by atoms with E-state index in [1.807, 2.05) is 24.3 Å². The molecule has 7 nitrogen and oxygen atoms in total. The predicted molar refractivity (Wildman–Crippen MR) is 125 cm³/mol. The Labute approximate surface area is 178 Å². The first-order chi connectivity index (χ1) is 14.4. The number of morpholine rings is 1. The molecule has 3 aromatic rings. The number of rotatable bonds is 7. The minimum Gasteiger partial charge on any atom is -0.399 e. The van der Waals surface area contributed by atoms with Gasteiger partial charge in [-0.25, -0.2) is 9.97 Å². The number of aromatic nitrogens is 3. The summed E-state index contributed by atoms with van der Waals surface area (Å²) in [5.41, 5.74) is 10.7. The second kappa shape index (κ2) is 8.75. The lowest BCUT2D eigenvalue weighted by Gasteiger charge is -2.28. The second-order valence-corrected chi connectivity index (χ2v) is 14.6. The molecule has 0 bridgehead atoms. The number of hydrogen-bond donors (Lipinski definition) is 1. The third-order valence-corrected chi connectivity index (χ3v) is 7.10. The van der Waals surface area contributed by atoms with Crippen molar-refractivity contribution in [3.8, 4) is 11.3 Å². The molecular weight excluding hydrogens is 394 g/mol. The number of benzene rings is 1. The Bertz CT molecular complexity index is 991. The fourth-order valence-electron chi connectivity index (χ4n) is 3.64. The summed E-state index contributed by atoms with van der Waals surface area (Å²) in [6.45, 7) is 11.4. The fraction of sp³-hybridized carbons (Fsp3) is 0.455. The lowest BCUT2D eigenvalue weighted by atomic mass is 10.1. The maximum absolute atomic E-state index is 6.16. The van der Waals surface area contributed by atoms with Crippen molar-refractivity contribution in [3.05, 3.63) is 36.7 Å². The molecule has 0 spiro atoms. The molecule has 1 aromatic carbocycles. The molecule has 0 amide bonds. The number of hydrogen-bond acceptors (Lipinski definition) is 6. The molecule has 1 aliphatic heterocycles. The molecule has 4 rings (SSSR count). The molecule has 3 heterocycles. The van der Waals surface area contributed by atoms with E-state index in [-0.39, 0.29) is 0 Å². The Balaban J connectivity index is 1.74. The zero-order valence-electron chi connectivity index (χ0n) is 18.1. The SMILES string of the molecule is C[Si](C)(C)CCOCn1c(-c2ccc(N)cc2)cc2ncnc(N3CCOCC3)c21. The number of ether oxygens (including phenoxy) is 2. The topological polar surface area (TPSA) is 78.4 Å². The van der Waals surface area contributed by atoms with Crippen LogP contribution in [0.4, 0.5) is 11.5 Å². The second-order valence-electron chi connectivity index (χ2n) is 8.96. The van der Waals surface area contributed by atoms with Crippen LogP contribution < -0.4 is 10.6 Å². The summed E-state index contributed by atoms with van der Waals surface area (Å²) in [7, 11) is -1.15. The van der Waals surface area contributed by atoms with Crippen molar-refractivity contribution in [1.82, 2.24) is 14.5 Å². The Hall–Kier alpha value is -2.42. The van der Waals surface area contributed by atoms with Crippen molar-refractivity contribution in [2.75, 3.05) is 43.5 Å². The van der Waals surface area contributed by atoms with E-state index in [1.165, 1.54) is 0 Å². The number of anilines is 2. The van der Waals surface area contributed by atoms with Crippen LogP contribution in [0.1, 0.15) is 0 Å². The van der Waals surface area contributed by atoms with Gasteiger partial charge in [0.1, 0.15) is 18.6 Å². The fourth-order valence-corrected chi connectivity index (χ4v) is 4.40. The maximum atomic E-state index is 6.16. The van der Waals surface area contributed by atoms with Crippen LogP contribution in [0.15, 0.2) is 36.7 Å². The Morgan fingerprint density at radius 2 is 1.83 bits per heavy atom. The van der Waals surface area contributed by atoms with Gasteiger partial charge in [0.25, 0.3) is 0 Å². The Kier molecular flexibility index (Phi) is 6.08. The van der Waals surface area contributed by atoms with Gasteiger partial charge < -0.3 is 24.7 Å². The highest BCUT2D eigenvalue weighted by atomic mass is 28.3. The van der Waals surface area contributed by atoms with Gasteiger partial charge in [-0.15, -0.1) is 0 Å². The first-order valence-corrected chi connectivity index (χ1v) is 14.2. The predicted octanol–water partition coefficient (Wildman–Crippen LogP) is 3.83. The molecule has 2 aromatic heterocycles. The minimum absolute atomic E-state index is 0.471. The van der Waals surface area contributed by atoms with Gasteiger partial charge in [0, 0.05) is 33.5 Å². The third kappa shape index (κ3) is 4.66. The maximum Gasteiger partial charge on any atom is 0.156 e. The molecule has 30 heavy (non-hydrogen) atoms. The molecule has 0 atom stereocenters. The third-order valence-electron chi connectivity index (χ3n) is 5.40. The summed E-state index contributed by atoms with van der Waals surface area (Å²) in [6, 6.07) is 11.2. The van der Waals surface area contributed by atoms with Gasteiger partial charge in [-0.2, -0.15) is 0 Å². The largest absolute Gasteiger partial charge is 0.399 e. The van der Waals surface area contributed by atoms with Gasteiger partial charge in [0.15, 0.2) is 5.82 Å². The molecule has 1 aliphatic rings. The van der Waals surface area contributed by atoms with Crippen molar-refractivity contribution < 1.29 is 9.47 Å². The van der Waals surface area contributed by atoms with Crippen molar-refractivity contribution in [3.63, 3.8) is 0 Å². The summed E-state index contributed by atoms with van der Waals surface area (Å²) in [6.07, 6.45) is 1.65. The van der Waals surface area contributed by atoms with Gasteiger partial charge in [-0.3, -0.25) is 0 Å². The molecule has 2 N–H and O–H groups in total. The summed E-state index contributed by atoms with van der Waals surface area (Å²) in [5.74, 6) is 0.943. The molecule has 0 saturated carbocycles. The van der Waals surface area contributed by atoms with Crippen LogP contribution in [0.5, 0.6) is 0 Å². The number of nitrogens with two attached hydrogens (primary N) is 1. The summed E-state index contributed by atoms with van der Waals surface area (Å²) in [4.78, 5) is 11.5. The van der Waals surface area contributed by atoms with Crippen LogP contribution in [0.2, 0.25) is 25.7 Å². The number of fused-ring (bicyclic) bond motifs is 1. The molecule has 8 heteroatoms. The zero-order valence-corrected chi connectivity index (χ0v) is 19.1. The van der Waals surface area contributed by atoms with Crippen molar-refractivity contribution >= 4 is 30.6 Å². The van der Waals surface area contributed by atoms with E-state index >= 15 is 0 Å². The van der Waals surface area contributed by atoms with Crippen molar-refractivity contribution in [2.45, 2.75) is 32.4 Å². The van der Waals surface area contributed by atoms with Gasteiger partial charge in [0.2, 0.25) is 0 Å². The van der Waals surface area contributed by atoms with E-state index in [4.69, 9.17) is 15.2 Å². The standard InChI is InChI=1S/C22H31N5O2Si/c1-30(2,3)13-12-29-16-27-20(17-4-6-18(23)7-5-17)14-19-21(27)22(25-15-24-19)26-8-10-28-11-9-26/h4-7,14-15H,8-13,16,23H2,1-3H3. The molecule has 0 radical (unpaired) electrons. The highest BCUT2D eigenvalue weighted by Gasteiger charge is 2.21. The first kappa shape index (κ1) is 20.8. The Morgan fingerprint density at radius 1 is 1.10 bits per heavy atom.